The molecule has 2 aromatic rings. The molecule has 3 rings (SSSR count). The zero-order chi connectivity index (χ0) is 13.2. The fraction of sp³-hybridized carbons (Fsp3) is 0.333. The Hall–Kier alpha value is -1.36. The Labute approximate surface area is 117 Å². The quantitative estimate of drug-likeness (QED) is 0.668. The van der Waals surface area contributed by atoms with Crippen LogP contribution in [0.25, 0.3) is 0 Å². The molecule has 4 heteroatoms. The van der Waals surface area contributed by atoms with Crippen molar-refractivity contribution in [3.05, 3.63) is 51.2 Å². The molecular formula is C15H18N2OS. The van der Waals surface area contributed by atoms with Crippen LogP contribution < -0.4 is 16.0 Å². The normalized spacial score (nSPS) is 15.7. The minimum absolute atomic E-state index is 0.00745. The van der Waals surface area contributed by atoms with Crippen LogP contribution >= 0.6 is 11.3 Å². The van der Waals surface area contributed by atoms with Gasteiger partial charge in [-0.15, -0.1) is 11.3 Å². The molecule has 1 aromatic heterocycles. The Kier molecular flexibility index (Phi) is 3.55. The second-order valence-corrected chi connectivity index (χ2v) is 5.80. The van der Waals surface area contributed by atoms with Crippen molar-refractivity contribution in [3.63, 3.8) is 0 Å². The van der Waals surface area contributed by atoms with Crippen LogP contribution in [0, 0.1) is 6.92 Å². The second kappa shape index (κ2) is 5.33. The van der Waals surface area contributed by atoms with Gasteiger partial charge in [0.1, 0.15) is 5.75 Å². The van der Waals surface area contributed by atoms with Gasteiger partial charge in [-0.1, -0.05) is 18.2 Å². The van der Waals surface area contributed by atoms with E-state index in [1.807, 2.05) is 0 Å². The predicted octanol–water partition coefficient (Wildman–Crippen LogP) is 2.93. The first kappa shape index (κ1) is 12.7. The number of hydrazine groups is 1. The number of hydrogen-bond acceptors (Lipinski definition) is 4. The third-order valence-electron chi connectivity index (χ3n) is 3.61. The Bertz CT molecular complexity index is 579. The zero-order valence-electron chi connectivity index (χ0n) is 11.0. The number of benzene rings is 1. The van der Waals surface area contributed by atoms with Crippen molar-refractivity contribution in [1.82, 2.24) is 5.43 Å². The van der Waals surface area contributed by atoms with Gasteiger partial charge in [0.2, 0.25) is 0 Å². The van der Waals surface area contributed by atoms with Crippen molar-refractivity contribution < 1.29 is 4.74 Å². The van der Waals surface area contributed by atoms with Gasteiger partial charge in [0, 0.05) is 10.4 Å². The maximum absolute atomic E-state index is 5.88. The van der Waals surface area contributed by atoms with E-state index in [2.05, 4.69) is 42.0 Å². The number of ether oxygens (including phenoxy) is 1. The maximum atomic E-state index is 5.88. The molecule has 0 saturated heterocycles. The lowest BCUT2D eigenvalue weighted by molar-refractivity contribution is 0.283. The van der Waals surface area contributed by atoms with Crippen LogP contribution in [0.5, 0.6) is 5.75 Å². The molecule has 0 radical (unpaired) electrons. The summed E-state index contributed by atoms with van der Waals surface area (Å²) >= 11 is 1.73. The molecule has 3 N–H and O–H groups in total. The van der Waals surface area contributed by atoms with Gasteiger partial charge >= 0.3 is 0 Å². The van der Waals surface area contributed by atoms with Gasteiger partial charge in [-0.2, -0.15) is 0 Å². The van der Waals surface area contributed by atoms with Crippen LogP contribution in [0.3, 0.4) is 0 Å². The van der Waals surface area contributed by atoms with Crippen molar-refractivity contribution >= 4 is 11.3 Å². The standard InChI is InChI=1S/C15H18N2OS/c1-10-7-9-19-15(10)13(17-16)12-6-2-4-11-5-3-8-18-14(11)12/h2,4,6-7,9,13,17H,3,5,8,16H2,1H3. The van der Waals surface area contributed by atoms with Crippen LogP contribution in [0.4, 0.5) is 0 Å². The molecule has 3 nitrogen and oxygen atoms in total. The molecule has 1 aliphatic heterocycles. The number of para-hydroxylation sites is 1. The number of nitrogens with two attached hydrogens (primary N) is 1. The van der Waals surface area contributed by atoms with E-state index in [1.165, 1.54) is 16.0 Å². The van der Waals surface area contributed by atoms with Gasteiger partial charge in [-0.25, -0.2) is 5.43 Å². The molecule has 1 unspecified atom stereocenters. The first-order valence-corrected chi connectivity index (χ1v) is 7.44. The lowest BCUT2D eigenvalue weighted by Gasteiger charge is -2.24. The van der Waals surface area contributed by atoms with Crippen LogP contribution in [0.1, 0.15) is 34.0 Å². The monoisotopic (exact) mass is 274 g/mol. The average Bonchev–Trinajstić information content (AvgIpc) is 2.86. The first-order valence-electron chi connectivity index (χ1n) is 6.56. The van der Waals surface area contributed by atoms with Crippen LogP contribution in [0.15, 0.2) is 29.6 Å². The summed E-state index contributed by atoms with van der Waals surface area (Å²) in [6.07, 6.45) is 2.18. The summed E-state index contributed by atoms with van der Waals surface area (Å²) in [7, 11) is 0. The minimum Gasteiger partial charge on any atom is -0.493 e. The number of aryl methyl sites for hydroxylation is 2. The molecule has 0 saturated carbocycles. The Morgan fingerprint density at radius 2 is 2.26 bits per heavy atom. The molecular weight excluding hydrogens is 256 g/mol. The Morgan fingerprint density at radius 1 is 1.37 bits per heavy atom. The molecule has 1 atom stereocenters. The van der Waals surface area contributed by atoms with Crippen molar-refractivity contribution in [3.8, 4) is 5.75 Å². The van der Waals surface area contributed by atoms with Gasteiger partial charge in [0.15, 0.2) is 0 Å². The molecule has 0 fully saturated rings. The van der Waals surface area contributed by atoms with E-state index in [9.17, 15) is 0 Å². The van der Waals surface area contributed by atoms with Gasteiger partial charge in [-0.05, 0) is 42.3 Å². The Balaban J connectivity index is 2.07. The van der Waals surface area contributed by atoms with Crippen LogP contribution in [-0.2, 0) is 6.42 Å². The molecule has 1 aliphatic rings. The summed E-state index contributed by atoms with van der Waals surface area (Å²) in [6, 6.07) is 8.48. The van der Waals surface area contributed by atoms with E-state index >= 15 is 0 Å². The van der Waals surface area contributed by atoms with E-state index in [0.717, 1.165) is 30.8 Å². The van der Waals surface area contributed by atoms with Crippen LogP contribution in [-0.4, -0.2) is 6.61 Å². The third-order valence-corrected chi connectivity index (χ3v) is 4.69. The van der Waals surface area contributed by atoms with Gasteiger partial charge < -0.3 is 4.74 Å². The van der Waals surface area contributed by atoms with E-state index in [-0.39, 0.29) is 6.04 Å². The SMILES string of the molecule is Cc1ccsc1C(NN)c1cccc2c1OCCC2. The molecule has 1 aromatic carbocycles. The van der Waals surface area contributed by atoms with E-state index in [1.54, 1.807) is 11.3 Å². The highest BCUT2D eigenvalue weighted by Crippen LogP contribution is 2.37. The van der Waals surface area contributed by atoms with Crippen LogP contribution in [0.2, 0.25) is 0 Å². The third kappa shape index (κ3) is 2.27. The molecule has 2 heterocycles. The molecule has 0 bridgehead atoms. The molecule has 0 spiro atoms. The number of thiophene rings is 1. The Morgan fingerprint density at radius 3 is 3.00 bits per heavy atom. The van der Waals surface area contributed by atoms with E-state index < -0.39 is 0 Å². The molecule has 19 heavy (non-hydrogen) atoms. The average molecular weight is 274 g/mol. The lowest BCUT2D eigenvalue weighted by Crippen LogP contribution is -2.29. The summed E-state index contributed by atoms with van der Waals surface area (Å²) in [5.41, 5.74) is 6.64. The number of rotatable bonds is 3. The molecule has 0 amide bonds. The van der Waals surface area contributed by atoms with E-state index in [4.69, 9.17) is 10.6 Å². The summed E-state index contributed by atoms with van der Waals surface area (Å²) < 4.78 is 5.88. The smallest absolute Gasteiger partial charge is 0.127 e. The highest BCUT2D eigenvalue weighted by Gasteiger charge is 2.23. The van der Waals surface area contributed by atoms with Crippen molar-refractivity contribution in [2.45, 2.75) is 25.8 Å². The number of fused-ring (bicyclic) bond motifs is 1. The fourth-order valence-electron chi connectivity index (χ4n) is 2.63. The van der Waals surface area contributed by atoms with Crippen molar-refractivity contribution in [2.24, 2.45) is 5.84 Å². The first-order chi connectivity index (χ1) is 9.31. The fourth-order valence-corrected chi connectivity index (χ4v) is 3.63. The topological polar surface area (TPSA) is 47.3 Å². The summed E-state index contributed by atoms with van der Waals surface area (Å²) in [6.45, 7) is 2.91. The summed E-state index contributed by atoms with van der Waals surface area (Å²) in [5, 5.41) is 2.10. The molecule has 100 valence electrons. The molecule has 0 aliphatic carbocycles. The van der Waals surface area contributed by atoms with Crippen molar-refractivity contribution in [1.29, 1.82) is 0 Å². The number of hydrogen-bond donors (Lipinski definition) is 2. The van der Waals surface area contributed by atoms with Crippen molar-refractivity contribution in [2.75, 3.05) is 6.61 Å². The highest BCUT2D eigenvalue weighted by atomic mass is 32.1. The van der Waals surface area contributed by atoms with E-state index in [0.29, 0.717) is 0 Å². The second-order valence-electron chi connectivity index (χ2n) is 4.86. The minimum atomic E-state index is 0.00745. The van der Waals surface area contributed by atoms with Gasteiger partial charge in [0.25, 0.3) is 0 Å². The maximum Gasteiger partial charge on any atom is 0.127 e. The van der Waals surface area contributed by atoms with Gasteiger partial charge in [0.05, 0.1) is 12.6 Å². The lowest BCUT2D eigenvalue weighted by atomic mass is 9.96. The summed E-state index contributed by atoms with van der Waals surface area (Å²) in [5.74, 6) is 6.82. The largest absolute Gasteiger partial charge is 0.493 e. The van der Waals surface area contributed by atoms with Gasteiger partial charge in [-0.3, -0.25) is 5.84 Å². The number of nitrogens with one attached hydrogen (secondary N) is 1. The zero-order valence-corrected chi connectivity index (χ0v) is 11.8. The predicted molar refractivity (Wildman–Crippen MR) is 78.5 cm³/mol. The highest BCUT2D eigenvalue weighted by molar-refractivity contribution is 7.10. The summed E-state index contributed by atoms with van der Waals surface area (Å²) in [4.78, 5) is 1.25.